The first-order chi connectivity index (χ1) is 7.79. The van der Waals surface area contributed by atoms with E-state index in [0.717, 1.165) is 28.6 Å². The molecule has 86 valence electrons. The molecular weight excluding hydrogens is 270 g/mol. The van der Waals surface area contributed by atoms with Crippen LogP contribution in [0, 0.1) is 0 Å². The van der Waals surface area contributed by atoms with Crippen molar-refractivity contribution in [3.05, 3.63) is 28.2 Å². The summed E-state index contributed by atoms with van der Waals surface area (Å²) in [5.74, 6) is 0.863. The van der Waals surface area contributed by atoms with Gasteiger partial charge in [-0.1, -0.05) is 5.16 Å². The topological polar surface area (TPSA) is 41.8 Å². The Morgan fingerprint density at radius 3 is 2.75 bits per heavy atom. The molecule has 0 unspecified atom stereocenters. The number of ether oxygens (including phenoxy) is 1. The number of hydrogen-bond acceptors (Lipinski definition) is 3. The van der Waals surface area contributed by atoms with Gasteiger partial charge in [0.1, 0.15) is 5.75 Å². The predicted molar refractivity (Wildman–Crippen MR) is 66.4 cm³/mol. The van der Waals surface area contributed by atoms with Crippen LogP contribution in [0.2, 0.25) is 0 Å². The van der Waals surface area contributed by atoms with Gasteiger partial charge in [-0.25, -0.2) is 0 Å². The maximum atomic E-state index is 8.43. The van der Waals surface area contributed by atoms with Crippen molar-refractivity contribution in [1.82, 2.24) is 0 Å². The van der Waals surface area contributed by atoms with Crippen LogP contribution in [0.5, 0.6) is 5.75 Å². The van der Waals surface area contributed by atoms with Gasteiger partial charge >= 0.3 is 0 Å². The van der Waals surface area contributed by atoms with Crippen LogP contribution in [0.1, 0.15) is 31.2 Å². The third-order valence-corrected chi connectivity index (χ3v) is 3.38. The summed E-state index contributed by atoms with van der Waals surface area (Å²) in [5.41, 5.74) is 0.841. The van der Waals surface area contributed by atoms with Gasteiger partial charge in [0.25, 0.3) is 0 Å². The summed E-state index contributed by atoms with van der Waals surface area (Å²) in [5, 5.41) is 11.4. The SMILES string of the molecule is O/N=C/c1ccc(OC2CCCC2)c(Br)c1. The fourth-order valence-electron chi connectivity index (χ4n) is 1.95. The Balaban J connectivity index is 2.09. The summed E-state index contributed by atoms with van der Waals surface area (Å²) in [7, 11) is 0. The quantitative estimate of drug-likeness (QED) is 0.523. The number of rotatable bonds is 3. The lowest BCUT2D eigenvalue weighted by molar-refractivity contribution is 0.208. The molecule has 0 aromatic heterocycles. The molecule has 0 atom stereocenters. The van der Waals surface area contributed by atoms with Gasteiger partial charge in [-0.15, -0.1) is 0 Å². The average Bonchev–Trinajstić information content (AvgIpc) is 2.75. The molecule has 0 bridgehead atoms. The summed E-state index contributed by atoms with van der Waals surface area (Å²) < 4.78 is 6.79. The lowest BCUT2D eigenvalue weighted by Crippen LogP contribution is -2.11. The lowest BCUT2D eigenvalue weighted by Gasteiger charge is -2.14. The molecule has 0 heterocycles. The van der Waals surface area contributed by atoms with Crippen molar-refractivity contribution in [2.24, 2.45) is 5.16 Å². The second-order valence-electron chi connectivity index (χ2n) is 3.96. The molecule has 4 heteroatoms. The van der Waals surface area contributed by atoms with Crippen molar-refractivity contribution in [3.63, 3.8) is 0 Å². The van der Waals surface area contributed by atoms with E-state index in [0.29, 0.717) is 6.10 Å². The third-order valence-electron chi connectivity index (χ3n) is 2.76. The molecule has 1 aromatic rings. The number of halogens is 1. The number of nitrogens with zero attached hydrogens (tertiary/aromatic N) is 1. The molecule has 0 amide bonds. The highest BCUT2D eigenvalue weighted by Gasteiger charge is 2.17. The molecular formula is C12H14BrNO2. The molecule has 0 radical (unpaired) electrons. The summed E-state index contributed by atoms with van der Waals surface area (Å²) >= 11 is 3.46. The number of benzene rings is 1. The Kier molecular flexibility index (Phi) is 3.83. The Morgan fingerprint density at radius 2 is 2.12 bits per heavy atom. The Bertz CT molecular complexity index is 387. The molecule has 16 heavy (non-hydrogen) atoms. The largest absolute Gasteiger partial charge is 0.489 e. The predicted octanol–water partition coefficient (Wildman–Crippen LogP) is 3.58. The molecule has 1 aliphatic rings. The standard InChI is InChI=1S/C12H14BrNO2/c13-11-7-9(8-14-15)5-6-12(11)16-10-3-1-2-4-10/h5-8,10,15H,1-4H2/b14-8+. The summed E-state index contributed by atoms with van der Waals surface area (Å²) in [4.78, 5) is 0. The number of oxime groups is 1. The van der Waals surface area contributed by atoms with Gasteiger partial charge in [0.2, 0.25) is 0 Å². The van der Waals surface area contributed by atoms with Gasteiger partial charge in [0, 0.05) is 0 Å². The van der Waals surface area contributed by atoms with Crippen LogP contribution in [0.4, 0.5) is 0 Å². The van der Waals surface area contributed by atoms with Crippen molar-refractivity contribution in [1.29, 1.82) is 0 Å². The van der Waals surface area contributed by atoms with E-state index in [1.807, 2.05) is 18.2 Å². The molecule has 3 nitrogen and oxygen atoms in total. The molecule has 0 saturated heterocycles. The highest BCUT2D eigenvalue weighted by molar-refractivity contribution is 9.10. The second kappa shape index (κ2) is 5.34. The number of hydrogen-bond donors (Lipinski definition) is 1. The highest BCUT2D eigenvalue weighted by Crippen LogP contribution is 2.30. The zero-order valence-corrected chi connectivity index (χ0v) is 10.5. The minimum Gasteiger partial charge on any atom is -0.489 e. The molecule has 1 fully saturated rings. The normalized spacial score (nSPS) is 17.1. The second-order valence-corrected chi connectivity index (χ2v) is 4.81. The van der Waals surface area contributed by atoms with Crippen molar-refractivity contribution in [2.45, 2.75) is 31.8 Å². The molecule has 0 spiro atoms. The van der Waals surface area contributed by atoms with Crippen LogP contribution in [0.3, 0.4) is 0 Å². The lowest BCUT2D eigenvalue weighted by atomic mass is 10.2. The molecule has 1 aliphatic carbocycles. The zero-order valence-electron chi connectivity index (χ0n) is 8.90. The van der Waals surface area contributed by atoms with Gasteiger partial charge in [-0.2, -0.15) is 0 Å². The van der Waals surface area contributed by atoms with Crippen molar-refractivity contribution in [3.8, 4) is 5.75 Å². The van der Waals surface area contributed by atoms with Crippen LogP contribution >= 0.6 is 15.9 Å². The minimum atomic E-state index is 0.355. The zero-order chi connectivity index (χ0) is 11.4. The van der Waals surface area contributed by atoms with Gasteiger partial charge in [0.15, 0.2) is 0 Å². The fourth-order valence-corrected chi connectivity index (χ4v) is 2.44. The smallest absolute Gasteiger partial charge is 0.133 e. The van der Waals surface area contributed by atoms with Crippen LogP contribution < -0.4 is 4.74 Å². The third kappa shape index (κ3) is 2.76. The molecule has 2 rings (SSSR count). The monoisotopic (exact) mass is 283 g/mol. The van der Waals surface area contributed by atoms with Crippen molar-refractivity contribution < 1.29 is 9.94 Å². The maximum absolute atomic E-state index is 8.43. The van der Waals surface area contributed by atoms with Crippen LogP contribution in [-0.2, 0) is 0 Å². The summed E-state index contributed by atoms with van der Waals surface area (Å²) in [6.07, 6.45) is 6.56. The van der Waals surface area contributed by atoms with E-state index in [4.69, 9.17) is 9.94 Å². The first kappa shape index (κ1) is 11.5. The van der Waals surface area contributed by atoms with E-state index in [2.05, 4.69) is 21.1 Å². The van der Waals surface area contributed by atoms with E-state index in [1.54, 1.807) is 0 Å². The molecule has 0 aliphatic heterocycles. The molecule has 1 saturated carbocycles. The summed E-state index contributed by atoms with van der Waals surface area (Å²) in [6, 6.07) is 5.65. The van der Waals surface area contributed by atoms with Crippen LogP contribution in [0.25, 0.3) is 0 Å². The van der Waals surface area contributed by atoms with Gasteiger partial charge in [-0.05, 0) is 65.4 Å². The average molecular weight is 284 g/mol. The fraction of sp³-hybridized carbons (Fsp3) is 0.417. The van der Waals surface area contributed by atoms with Crippen LogP contribution in [0.15, 0.2) is 27.8 Å². The Morgan fingerprint density at radius 1 is 1.38 bits per heavy atom. The van der Waals surface area contributed by atoms with E-state index in [9.17, 15) is 0 Å². The molecule has 1 aromatic carbocycles. The van der Waals surface area contributed by atoms with E-state index in [1.165, 1.54) is 19.1 Å². The van der Waals surface area contributed by atoms with Crippen molar-refractivity contribution in [2.75, 3.05) is 0 Å². The minimum absolute atomic E-state index is 0.355. The first-order valence-corrected chi connectivity index (χ1v) is 6.22. The van der Waals surface area contributed by atoms with Crippen molar-refractivity contribution >= 4 is 22.1 Å². The van der Waals surface area contributed by atoms with E-state index in [-0.39, 0.29) is 0 Å². The molecule has 1 N–H and O–H groups in total. The van der Waals surface area contributed by atoms with E-state index < -0.39 is 0 Å². The first-order valence-electron chi connectivity index (χ1n) is 5.43. The Labute approximate surface area is 103 Å². The van der Waals surface area contributed by atoms with Gasteiger partial charge < -0.3 is 9.94 Å². The highest BCUT2D eigenvalue weighted by atomic mass is 79.9. The van der Waals surface area contributed by atoms with Crippen LogP contribution in [-0.4, -0.2) is 17.5 Å². The van der Waals surface area contributed by atoms with Gasteiger partial charge in [0.05, 0.1) is 16.8 Å². The van der Waals surface area contributed by atoms with Gasteiger partial charge in [-0.3, -0.25) is 0 Å². The summed E-state index contributed by atoms with van der Waals surface area (Å²) in [6.45, 7) is 0. The maximum Gasteiger partial charge on any atom is 0.133 e. The Hall–Kier alpha value is -1.03. The van der Waals surface area contributed by atoms with E-state index >= 15 is 0 Å².